The van der Waals surface area contributed by atoms with E-state index in [9.17, 15) is 0 Å². The van der Waals surface area contributed by atoms with Crippen LogP contribution in [-0.2, 0) is 14.0 Å². The fourth-order valence-corrected chi connectivity index (χ4v) is 3.78. The molecule has 3 aliphatic rings. The van der Waals surface area contributed by atoms with E-state index < -0.39 is 0 Å². The third-order valence-corrected chi connectivity index (χ3v) is 6.39. The Labute approximate surface area is 145 Å². The van der Waals surface area contributed by atoms with Gasteiger partial charge in [-0.3, -0.25) is 4.90 Å². The average molecular weight is 329 g/mol. The zero-order chi connectivity index (χ0) is 17.2. The molecule has 1 atom stereocenters. The monoisotopic (exact) mass is 329 g/mol. The van der Waals surface area contributed by atoms with Crippen LogP contribution in [0.2, 0.25) is 0 Å². The number of ether oxygens (including phenoxy) is 1. The molecule has 3 saturated heterocycles. The molecule has 24 heavy (non-hydrogen) atoms. The Morgan fingerprint density at radius 3 is 1.96 bits per heavy atom. The zero-order valence-corrected chi connectivity index (χ0v) is 15.5. The first-order valence-corrected chi connectivity index (χ1v) is 8.99. The molecule has 4 rings (SSSR count). The van der Waals surface area contributed by atoms with Gasteiger partial charge in [0.05, 0.1) is 24.4 Å². The second kappa shape index (κ2) is 5.31. The minimum Gasteiger partial charge on any atom is -0.399 e. The second-order valence-corrected chi connectivity index (χ2v) is 8.83. The van der Waals surface area contributed by atoms with Crippen molar-refractivity contribution in [2.45, 2.75) is 51.9 Å². The predicted octanol–water partition coefficient (Wildman–Crippen LogP) is 2.38. The quantitative estimate of drug-likeness (QED) is 0.797. The summed E-state index contributed by atoms with van der Waals surface area (Å²) in [4.78, 5) is 2.53. The van der Waals surface area contributed by atoms with Crippen LogP contribution in [0.1, 0.15) is 46.2 Å². The summed E-state index contributed by atoms with van der Waals surface area (Å²) in [6, 6.07) is 9.18. The molecule has 0 bridgehead atoms. The molecule has 130 valence electrons. The van der Waals surface area contributed by atoms with Crippen LogP contribution in [0.4, 0.5) is 0 Å². The molecule has 1 spiro atoms. The maximum Gasteiger partial charge on any atom is 0.494 e. The van der Waals surface area contributed by atoms with E-state index in [1.165, 1.54) is 5.56 Å². The van der Waals surface area contributed by atoms with Crippen LogP contribution in [-0.4, -0.2) is 49.5 Å². The lowest BCUT2D eigenvalue weighted by molar-refractivity contribution is -0.197. The van der Waals surface area contributed by atoms with Gasteiger partial charge in [-0.2, -0.15) is 0 Å². The van der Waals surface area contributed by atoms with Crippen LogP contribution in [0.5, 0.6) is 0 Å². The number of hydrogen-bond donors (Lipinski definition) is 0. The van der Waals surface area contributed by atoms with Crippen LogP contribution in [0.3, 0.4) is 0 Å². The van der Waals surface area contributed by atoms with E-state index in [1.807, 2.05) is 0 Å². The van der Waals surface area contributed by atoms with Gasteiger partial charge < -0.3 is 14.0 Å². The molecule has 3 heterocycles. The summed E-state index contributed by atoms with van der Waals surface area (Å²) in [5, 5.41) is 0. The van der Waals surface area contributed by atoms with Gasteiger partial charge in [-0.1, -0.05) is 24.3 Å². The average Bonchev–Trinajstić information content (AvgIpc) is 2.64. The van der Waals surface area contributed by atoms with Crippen molar-refractivity contribution >= 4 is 12.6 Å². The molecule has 5 heteroatoms. The summed E-state index contributed by atoms with van der Waals surface area (Å²) in [6.07, 6.45) is 0. The third-order valence-electron chi connectivity index (χ3n) is 6.39. The minimum absolute atomic E-state index is 0.279. The minimum atomic E-state index is -0.291. The van der Waals surface area contributed by atoms with E-state index in [0.29, 0.717) is 11.5 Å². The first kappa shape index (κ1) is 16.6. The number of benzene rings is 1. The van der Waals surface area contributed by atoms with Crippen molar-refractivity contribution < 1.29 is 14.0 Å². The van der Waals surface area contributed by atoms with Crippen LogP contribution in [0.15, 0.2) is 24.3 Å². The Bertz CT molecular complexity index is 600. The van der Waals surface area contributed by atoms with Crippen LogP contribution >= 0.6 is 0 Å². The van der Waals surface area contributed by atoms with Gasteiger partial charge in [0.25, 0.3) is 0 Å². The Balaban J connectivity index is 1.42. The largest absolute Gasteiger partial charge is 0.494 e. The molecule has 0 aromatic heterocycles. The number of rotatable bonds is 3. The van der Waals surface area contributed by atoms with E-state index >= 15 is 0 Å². The molecule has 3 aliphatic heterocycles. The highest BCUT2D eigenvalue weighted by Crippen LogP contribution is 2.42. The summed E-state index contributed by atoms with van der Waals surface area (Å²) < 4.78 is 17.6. The van der Waals surface area contributed by atoms with Gasteiger partial charge in [0.2, 0.25) is 0 Å². The summed E-state index contributed by atoms with van der Waals surface area (Å²) >= 11 is 0. The van der Waals surface area contributed by atoms with Crippen molar-refractivity contribution in [3.05, 3.63) is 29.8 Å². The topological polar surface area (TPSA) is 30.9 Å². The van der Waals surface area contributed by atoms with Gasteiger partial charge in [-0.05, 0) is 45.6 Å². The van der Waals surface area contributed by atoms with Crippen molar-refractivity contribution in [1.29, 1.82) is 0 Å². The smallest absolute Gasteiger partial charge is 0.399 e. The molecule has 1 aromatic rings. The molecule has 0 saturated carbocycles. The summed E-state index contributed by atoms with van der Waals surface area (Å²) in [5.41, 5.74) is 2.33. The van der Waals surface area contributed by atoms with Crippen LogP contribution in [0, 0.1) is 5.41 Å². The molecule has 0 radical (unpaired) electrons. The van der Waals surface area contributed by atoms with Gasteiger partial charge >= 0.3 is 7.12 Å². The van der Waals surface area contributed by atoms with E-state index in [-0.39, 0.29) is 18.3 Å². The molecule has 1 unspecified atom stereocenters. The van der Waals surface area contributed by atoms with Crippen molar-refractivity contribution in [1.82, 2.24) is 4.90 Å². The highest BCUT2D eigenvalue weighted by molar-refractivity contribution is 6.62. The molecular formula is C19H28BNO3. The Morgan fingerprint density at radius 1 is 0.958 bits per heavy atom. The molecule has 0 N–H and O–H groups in total. The lowest BCUT2D eigenvalue weighted by atomic mass is 9.76. The molecule has 4 nitrogen and oxygen atoms in total. The Morgan fingerprint density at radius 2 is 1.50 bits per heavy atom. The second-order valence-electron chi connectivity index (χ2n) is 8.83. The Kier molecular flexibility index (Phi) is 3.67. The fraction of sp³-hybridized carbons (Fsp3) is 0.684. The van der Waals surface area contributed by atoms with Gasteiger partial charge in [0.15, 0.2) is 0 Å². The maximum absolute atomic E-state index is 6.13. The summed E-state index contributed by atoms with van der Waals surface area (Å²) in [7, 11) is -0.279. The first-order chi connectivity index (χ1) is 11.2. The maximum atomic E-state index is 6.13. The number of nitrogens with zero attached hydrogens (tertiary/aromatic N) is 1. The first-order valence-electron chi connectivity index (χ1n) is 8.99. The fourth-order valence-electron chi connectivity index (χ4n) is 3.78. The van der Waals surface area contributed by atoms with Gasteiger partial charge in [-0.25, -0.2) is 0 Å². The highest BCUT2D eigenvalue weighted by atomic mass is 16.7. The van der Waals surface area contributed by atoms with E-state index in [1.54, 1.807) is 0 Å². The van der Waals surface area contributed by atoms with E-state index in [4.69, 9.17) is 14.0 Å². The summed E-state index contributed by atoms with van der Waals surface area (Å²) in [5.74, 6) is 0. The van der Waals surface area contributed by atoms with Crippen molar-refractivity contribution in [3.63, 3.8) is 0 Å². The standard InChI is InChI=1S/C19H28BNO3/c1-14(21-10-19(11-21)12-22-13-19)15-6-8-16(9-7-15)20-23-17(2,3)18(4,5)24-20/h6-9,14H,10-13H2,1-5H3. The van der Waals surface area contributed by atoms with Gasteiger partial charge in [-0.15, -0.1) is 0 Å². The lowest BCUT2D eigenvalue weighted by Crippen LogP contribution is -2.66. The van der Waals surface area contributed by atoms with Crippen LogP contribution < -0.4 is 5.46 Å². The van der Waals surface area contributed by atoms with Crippen molar-refractivity contribution in [2.24, 2.45) is 5.41 Å². The Hall–Kier alpha value is -0.875. The molecule has 3 fully saturated rings. The normalized spacial score (nSPS) is 28.5. The van der Waals surface area contributed by atoms with E-state index in [0.717, 1.165) is 31.8 Å². The van der Waals surface area contributed by atoms with Crippen molar-refractivity contribution in [3.8, 4) is 0 Å². The zero-order valence-electron chi connectivity index (χ0n) is 15.5. The third kappa shape index (κ3) is 2.53. The predicted molar refractivity (Wildman–Crippen MR) is 95.4 cm³/mol. The van der Waals surface area contributed by atoms with Gasteiger partial charge in [0, 0.05) is 24.5 Å². The van der Waals surface area contributed by atoms with Gasteiger partial charge in [0.1, 0.15) is 0 Å². The molecule has 0 amide bonds. The molecular weight excluding hydrogens is 301 g/mol. The SMILES string of the molecule is CC(c1ccc(B2OC(C)(C)C(C)(C)O2)cc1)N1CC2(COC2)C1. The van der Waals surface area contributed by atoms with Crippen LogP contribution in [0.25, 0.3) is 0 Å². The number of hydrogen-bond acceptors (Lipinski definition) is 4. The number of likely N-dealkylation sites (tertiary alicyclic amines) is 1. The van der Waals surface area contributed by atoms with E-state index in [2.05, 4.69) is 63.8 Å². The lowest BCUT2D eigenvalue weighted by Gasteiger charge is -2.57. The molecule has 0 aliphatic carbocycles. The summed E-state index contributed by atoms with van der Waals surface area (Å²) in [6.45, 7) is 14.9. The molecule has 1 aromatic carbocycles. The van der Waals surface area contributed by atoms with Crippen molar-refractivity contribution in [2.75, 3.05) is 26.3 Å². The highest BCUT2D eigenvalue weighted by Gasteiger charge is 2.52.